The van der Waals surface area contributed by atoms with Crippen molar-refractivity contribution in [2.75, 3.05) is 7.11 Å². The second kappa shape index (κ2) is 20.4. The van der Waals surface area contributed by atoms with Crippen LogP contribution in [0.1, 0.15) is 155 Å². The van der Waals surface area contributed by atoms with Gasteiger partial charge in [0.25, 0.3) is 0 Å². The molecule has 0 aliphatic heterocycles. The first-order valence-corrected chi connectivity index (χ1v) is 13.8. The predicted molar refractivity (Wildman–Crippen MR) is 131 cm³/mol. The number of rotatable bonds is 23. The molecule has 0 aromatic carbocycles. The zero-order chi connectivity index (χ0) is 21.7. The van der Waals surface area contributed by atoms with E-state index in [9.17, 15) is 4.79 Å². The molecule has 0 spiro atoms. The Labute approximate surface area is 189 Å². The standard InChI is InChI=1S/C28H54O2/c1-3-4-5-6-7-8-9-10-11-12-13-14-15-16-17-19-22-26-25-27(26)23-20-18-21-24-28(29)30-2/h26-27H,3-25H2,1-2H3/t26-,27+/m0/s1. The summed E-state index contributed by atoms with van der Waals surface area (Å²) in [6, 6.07) is 0. The van der Waals surface area contributed by atoms with Gasteiger partial charge in [0.2, 0.25) is 0 Å². The molecule has 1 aliphatic carbocycles. The molecule has 0 aromatic heterocycles. The summed E-state index contributed by atoms with van der Waals surface area (Å²) < 4.78 is 4.69. The molecule has 0 amide bonds. The first kappa shape index (κ1) is 27.5. The Morgan fingerprint density at radius 2 is 0.967 bits per heavy atom. The molecular formula is C28H54O2. The molecule has 0 saturated heterocycles. The monoisotopic (exact) mass is 422 g/mol. The third-order valence-corrected chi connectivity index (χ3v) is 7.18. The van der Waals surface area contributed by atoms with E-state index in [4.69, 9.17) is 4.74 Å². The van der Waals surface area contributed by atoms with Crippen LogP contribution in [0.15, 0.2) is 0 Å². The van der Waals surface area contributed by atoms with Crippen LogP contribution in [0.25, 0.3) is 0 Å². The molecule has 0 heterocycles. The lowest BCUT2D eigenvalue weighted by molar-refractivity contribution is -0.140. The van der Waals surface area contributed by atoms with Crippen LogP contribution in [0.3, 0.4) is 0 Å². The van der Waals surface area contributed by atoms with E-state index >= 15 is 0 Å². The lowest BCUT2D eigenvalue weighted by Crippen LogP contribution is -1.99. The highest BCUT2D eigenvalue weighted by Crippen LogP contribution is 2.45. The number of esters is 1. The van der Waals surface area contributed by atoms with Gasteiger partial charge in [-0.3, -0.25) is 4.79 Å². The fraction of sp³-hybridized carbons (Fsp3) is 0.964. The number of unbranched alkanes of at least 4 members (excludes halogenated alkanes) is 17. The van der Waals surface area contributed by atoms with Crippen LogP contribution in [0.5, 0.6) is 0 Å². The quantitative estimate of drug-likeness (QED) is 0.121. The van der Waals surface area contributed by atoms with Crippen LogP contribution in [0.4, 0.5) is 0 Å². The smallest absolute Gasteiger partial charge is 0.305 e. The minimum atomic E-state index is -0.0530. The van der Waals surface area contributed by atoms with Gasteiger partial charge in [0.05, 0.1) is 7.11 Å². The molecule has 1 fully saturated rings. The lowest BCUT2D eigenvalue weighted by atomic mass is 10.0. The van der Waals surface area contributed by atoms with Gasteiger partial charge in [0.1, 0.15) is 0 Å². The first-order valence-electron chi connectivity index (χ1n) is 13.8. The van der Waals surface area contributed by atoms with E-state index in [-0.39, 0.29) is 5.97 Å². The molecule has 2 nitrogen and oxygen atoms in total. The van der Waals surface area contributed by atoms with Crippen molar-refractivity contribution in [2.24, 2.45) is 11.8 Å². The van der Waals surface area contributed by atoms with E-state index in [2.05, 4.69) is 6.92 Å². The Morgan fingerprint density at radius 1 is 0.600 bits per heavy atom. The summed E-state index contributed by atoms with van der Waals surface area (Å²) >= 11 is 0. The van der Waals surface area contributed by atoms with Crippen LogP contribution in [0.2, 0.25) is 0 Å². The zero-order valence-corrected chi connectivity index (χ0v) is 20.7. The molecule has 178 valence electrons. The summed E-state index contributed by atoms with van der Waals surface area (Å²) in [5.41, 5.74) is 0. The Hall–Kier alpha value is -0.530. The average Bonchev–Trinajstić information content (AvgIpc) is 3.51. The van der Waals surface area contributed by atoms with Crippen LogP contribution in [-0.4, -0.2) is 13.1 Å². The summed E-state index contributed by atoms with van der Waals surface area (Å²) in [7, 11) is 1.48. The fourth-order valence-corrected chi connectivity index (χ4v) is 4.93. The maximum absolute atomic E-state index is 11.1. The van der Waals surface area contributed by atoms with Crippen molar-refractivity contribution in [1.82, 2.24) is 0 Å². The van der Waals surface area contributed by atoms with Crippen LogP contribution in [0, 0.1) is 11.8 Å². The lowest BCUT2D eigenvalue weighted by Gasteiger charge is -2.04. The highest BCUT2D eigenvalue weighted by Gasteiger charge is 2.34. The largest absolute Gasteiger partial charge is 0.469 e. The van der Waals surface area contributed by atoms with E-state index in [0.29, 0.717) is 6.42 Å². The number of hydrogen-bond donors (Lipinski definition) is 0. The number of carbonyl (C=O) groups is 1. The molecule has 1 rings (SSSR count). The van der Waals surface area contributed by atoms with E-state index in [1.54, 1.807) is 0 Å². The van der Waals surface area contributed by atoms with Gasteiger partial charge in [-0.15, -0.1) is 0 Å². The van der Waals surface area contributed by atoms with Crippen LogP contribution < -0.4 is 0 Å². The molecule has 2 heteroatoms. The Kier molecular flexibility index (Phi) is 18.7. The predicted octanol–water partition coefficient (Wildman–Crippen LogP) is 9.40. The van der Waals surface area contributed by atoms with Gasteiger partial charge in [-0.2, -0.15) is 0 Å². The third kappa shape index (κ3) is 17.2. The molecule has 0 radical (unpaired) electrons. The molecule has 1 saturated carbocycles. The van der Waals surface area contributed by atoms with Crippen molar-refractivity contribution < 1.29 is 9.53 Å². The highest BCUT2D eigenvalue weighted by atomic mass is 16.5. The van der Waals surface area contributed by atoms with Gasteiger partial charge in [0, 0.05) is 6.42 Å². The number of carbonyl (C=O) groups excluding carboxylic acids is 1. The van der Waals surface area contributed by atoms with Crippen LogP contribution in [-0.2, 0) is 9.53 Å². The Bertz CT molecular complexity index is 379. The third-order valence-electron chi connectivity index (χ3n) is 7.18. The van der Waals surface area contributed by atoms with Crippen molar-refractivity contribution in [2.45, 2.75) is 155 Å². The molecule has 0 aromatic rings. The molecule has 0 bridgehead atoms. The van der Waals surface area contributed by atoms with Crippen molar-refractivity contribution in [3.8, 4) is 0 Å². The summed E-state index contributed by atoms with van der Waals surface area (Å²) in [5.74, 6) is 2.00. The molecule has 0 unspecified atom stereocenters. The first-order chi connectivity index (χ1) is 14.8. The summed E-state index contributed by atoms with van der Waals surface area (Å²) in [6.45, 7) is 2.30. The number of methoxy groups -OCH3 is 1. The Morgan fingerprint density at radius 3 is 1.37 bits per heavy atom. The van der Waals surface area contributed by atoms with E-state index < -0.39 is 0 Å². The van der Waals surface area contributed by atoms with E-state index in [1.807, 2.05) is 0 Å². The summed E-state index contributed by atoms with van der Waals surface area (Å²) in [4.78, 5) is 11.1. The van der Waals surface area contributed by atoms with Crippen LogP contribution >= 0.6 is 0 Å². The van der Waals surface area contributed by atoms with Gasteiger partial charge >= 0.3 is 5.97 Å². The Balaban J connectivity index is 1.69. The van der Waals surface area contributed by atoms with Crippen molar-refractivity contribution in [1.29, 1.82) is 0 Å². The highest BCUT2D eigenvalue weighted by molar-refractivity contribution is 5.68. The topological polar surface area (TPSA) is 26.3 Å². The molecule has 2 atom stereocenters. The molecular weight excluding hydrogens is 368 g/mol. The van der Waals surface area contributed by atoms with Crippen molar-refractivity contribution >= 4 is 5.97 Å². The second-order valence-corrected chi connectivity index (χ2v) is 10.0. The molecule has 1 aliphatic rings. The maximum Gasteiger partial charge on any atom is 0.305 e. The minimum Gasteiger partial charge on any atom is -0.469 e. The molecule has 30 heavy (non-hydrogen) atoms. The minimum absolute atomic E-state index is 0.0530. The van der Waals surface area contributed by atoms with E-state index in [1.165, 1.54) is 142 Å². The number of hydrogen-bond acceptors (Lipinski definition) is 2. The van der Waals surface area contributed by atoms with Crippen molar-refractivity contribution in [3.63, 3.8) is 0 Å². The van der Waals surface area contributed by atoms with Gasteiger partial charge in [-0.1, -0.05) is 135 Å². The molecule has 0 N–H and O–H groups in total. The maximum atomic E-state index is 11.1. The zero-order valence-electron chi connectivity index (χ0n) is 20.7. The van der Waals surface area contributed by atoms with Gasteiger partial charge in [0.15, 0.2) is 0 Å². The van der Waals surface area contributed by atoms with Crippen molar-refractivity contribution in [3.05, 3.63) is 0 Å². The van der Waals surface area contributed by atoms with Gasteiger partial charge in [-0.05, 0) is 24.7 Å². The second-order valence-electron chi connectivity index (χ2n) is 10.0. The number of ether oxygens (including phenoxy) is 1. The van der Waals surface area contributed by atoms with E-state index in [0.717, 1.165) is 18.3 Å². The average molecular weight is 423 g/mol. The fourth-order valence-electron chi connectivity index (χ4n) is 4.93. The normalized spacial score (nSPS) is 17.9. The van der Waals surface area contributed by atoms with Gasteiger partial charge in [-0.25, -0.2) is 0 Å². The SMILES string of the molecule is CCCCCCCCCCCCCCCCCC[C@H]1C[C@H]1CCCCCC(=O)OC. The summed E-state index contributed by atoms with van der Waals surface area (Å²) in [6.07, 6.45) is 31.8. The summed E-state index contributed by atoms with van der Waals surface area (Å²) in [5, 5.41) is 0. The van der Waals surface area contributed by atoms with Gasteiger partial charge < -0.3 is 4.74 Å².